The minimum Gasteiger partial charge on any atom is -0.478 e. The predicted molar refractivity (Wildman–Crippen MR) is 75.7 cm³/mol. The lowest BCUT2D eigenvalue weighted by Crippen LogP contribution is -2.24. The van der Waals surface area contributed by atoms with E-state index in [4.69, 9.17) is 0 Å². The lowest BCUT2D eigenvalue weighted by Gasteiger charge is -2.32. The highest BCUT2D eigenvalue weighted by atomic mass is 16.4. The van der Waals surface area contributed by atoms with E-state index in [0.717, 1.165) is 25.2 Å². The van der Waals surface area contributed by atoms with Crippen molar-refractivity contribution in [2.24, 2.45) is 11.8 Å². The number of aromatic nitrogens is 3. The number of carbonyl (C=O) groups is 1. The van der Waals surface area contributed by atoms with Crippen molar-refractivity contribution in [3.8, 4) is 0 Å². The Morgan fingerprint density at radius 1 is 1.30 bits per heavy atom. The second-order valence-electron chi connectivity index (χ2n) is 5.93. The Kier molecular flexibility index (Phi) is 3.20. The molecule has 1 heterocycles. The van der Waals surface area contributed by atoms with Crippen LogP contribution in [0.3, 0.4) is 0 Å². The highest BCUT2D eigenvalue weighted by Crippen LogP contribution is 2.37. The van der Waals surface area contributed by atoms with Crippen LogP contribution in [0.25, 0.3) is 11.0 Å². The summed E-state index contributed by atoms with van der Waals surface area (Å²) in [6, 6.07) is 5.42. The van der Waals surface area contributed by atoms with Crippen molar-refractivity contribution < 1.29 is 9.90 Å². The first-order chi connectivity index (χ1) is 9.58. The summed E-state index contributed by atoms with van der Waals surface area (Å²) in [5, 5.41) is 17.7. The van der Waals surface area contributed by atoms with E-state index in [0.29, 0.717) is 22.5 Å². The van der Waals surface area contributed by atoms with E-state index in [2.05, 4.69) is 24.2 Å². The molecule has 1 aromatic carbocycles. The van der Waals surface area contributed by atoms with Crippen LogP contribution >= 0.6 is 0 Å². The first-order valence-electron chi connectivity index (χ1n) is 7.15. The molecule has 0 saturated heterocycles. The van der Waals surface area contributed by atoms with Gasteiger partial charge in [0.1, 0.15) is 11.0 Å². The van der Waals surface area contributed by atoms with Gasteiger partial charge in [-0.05, 0) is 43.2 Å². The molecule has 1 saturated carbocycles. The standard InChI is InChI=1S/C15H19N3O2/c1-9-6-7-11(8-10(9)2)18-14-12(15(19)20)4-3-5-13(14)16-17-18/h3-5,9-11H,6-8H2,1-2H3,(H,19,20). The van der Waals surface area contributed by atoms with Gasteiger partial charge in [-0.2, -0.15) is 0 Å². The zero-order chi connectivity index (χ0) is 14.3. The van der Waals surface area contributed by atoms with Gasteiger partial charge < -0.3 is 5.11 Å². The molecule has 3 atom stereocenters. The van der Waals surface area contributed by atoms with Gasteiger partial charge in [-0.3, -0.25) is 0 Å². The molecule has 5 heteroatoms. The molecule has 3 unspecified atom stereocenters. The maximum Gasteiger partial charge on any atom is 0.337 e. The minimum absolute atomic E-state index is 0.256. The van der Waals surface area contributed by atoms with E-state index >= 15 is 0 Å². The maximum atomic E-state index is 11.4. The van der Waals surface area contributed by atoms with Gasteiger partial charge in [0, 0.05) is 0 Å². The van der Waals surface area contributed by atoms with Crippen LogP contribution in [-0.4, -0.2) is 26.1 Å². The average Bonchev–Trinajstić information content (AvgIpc) is 2.85. The number of fused-ring (bicyclic) bond motifs is 1. The van der Waals surface area contributed by atoms with Crippen LogP contribution in [0, 0.1) is 11.8 Å². The summed E-state index contributed by atoms with van der Waals surface area (Å²) in [7, 11) is 0. The van der Waals surface area contributed by atoms with Crippen LogP contribution in [0.15, 0.2) is 18.2 Å². The normalized spacial score (nSPS) is 26.8. The van der Waals surface area contributed by atoms with Crippen molar-refractivity contribution >= 4 is 17.0 Å². The van der Waals surface area contributed by atoms with Crippen LogP contribution in [0.1, 0.15) is 49.5 Å². The van der Waals surface area contributed by atoms with Gasteiger partial charge in [-0.1, -0.05) is 25.1 Å². The van der Waals surface area contributed by atoms with E-state index in [-0.39, 0.29) is 6.04 Å². The fourth-order valence-corrected chi connectivity index (χ4v) is 3.16. The zero-order valence-corrected chi connectivity index (χ0v) is 11.8. The number of carboxylic acids is 1. The molecule has 0 radical (unpaired) electrons. The molecule has 0 spiro atoms. The van der Waals surface area contributed by atoms with E-state index in [1.165, 1.54) is 0 Å². The van der Waals surface area contributed by atoms with Crippen molar-refractivity contribution in [3.05, 3.63) is 23.8 Å². The Labute approximate surface area is 117 Å². The molecule has 20 heavy (non-hydrogen) atoms. The van der Waals surface area contributed by atoms with Gasteiger partial charge >= 0.3 is 5.97 Å². The summed E-state index contributed by atoms with van der Waals surface area (Å²) in [6.07, 6.45) is 3.23. The first-order valence-corrected chi connectivity index (χ1v) is 7.15. The van der Waals surface area contributed by atoms with Crippen LogP contribution in [-0.2, 0) is 0 Å². The largest absolute Gasteiger partial charge is 0.478 e. The Bertz CT molecular complexity index is 650. The summed E-state index contributed by atoms with van der Waals surface area (Å²) in [5.74, 6) is 0.432. The molecule has 1 aromatic heterocycles. The second kappa shape index (κ2) is 4.89. The third-order valence-electron chi connectivity index (χ3n) is 4.64. The molecule has 0 amide bonds. The van der Waals surface area contributed by atoms with E-state index in [9.17, 15) is 9.90 Å². The molecule has 0 bridgehead atoms. The summed E-state index contributed by atoms with van der Waals surface area (Å²) in [5.41, 5.74) is 1.61. The molecule has 1 aliphatic carbocycles. The quantitative estimate of drug-likeness (QED) is 0.912. The van der Waals surface area contributed by atoms with E-state index in [1.54, 1.807) is 12.1 Å². The first kappa shape index (κ1) is 13.1. The second-order valence-corrected chi connectivity index (χ2v) is 5.93. The van der Waals surface area contributed by atoms with Gasteiger partial charge in [-0.25, -0.2) is 9.48 Å². The third kappa shape index (κ3) is 2.07. The molecule has 5 nitrogen and oxygen atoms in total. The molecular formula is C15H19N3O2. The van der Waals surface area contributed by atoms with Gasteiger partial charge in [0.05, 0.1) is 11.6 Å². The number of carboxylic acid groups (broad SMARTS) is 1. The molecule has 0 aliphatic heterocycles. The van der Waals surface area contributed by atoms with Crippen LogP contribution in [0.2, 0.25) is 0 Å². The van der Waals surface area contributed by atoms with Crippen LogP contribution < -0.4 is 0 Å². The van der Waals surface area contributed by atoms with Gasteiger partial charge in [0.2, 0.25) is 0 Å². The monoisotopic (exact) mass is 273 g/mol. The molecule has 2 aromatic rings. The van der Waals surface area contributed by atoms with Crippen LogP contribution in [0.5, 0.6) is 0 Å². The summed E-state index contributed by atoms with van der Waals surface area (Å²) >= 11 is 0. The van der Waals surface area contributed by atoms with Crippen molar-refractivity contribution in [1.29, 1.82) is 0 Å². The molecule has 1 fully saturated rings. The number of aromatic carboxylic acids is 1. The highest BCUT2D eigenvalue weighted by Gasteiger charge is 2.28. The summed E-state index contributed by atoms with van der Waals surface area (Å²) in [6.45, 7) is 4.54. The molecule has 1 N–H and O–H groups in total. The number of nitrogens with zero attached hydrogens (tertiary/aromatic N) is 3. The number of hydrogen-bond donors (Lipinski definition) is 1. The van der Waals surface area contributed by atoms with Gasteiger partial charge in [-0.15, -0.1) is 5.10 Å². The number of hydrogen-bond acceptors (Lipinski definition) is 3. The van der Waals surface area contributed by atoms with E-state index < -0.39 is 5.97 Å². The SMILES string of the molecule is CC1CCC(n2nnc3cccc(C(=O)O)c32)CC1C. The van der Waals surface area contributed by atoms with Crippen LogP contribution in [0.4, 0.5) is 0 Å². The predicted octanol–water partition coefficient (Wildman–Crippen LogP) is 3.13. The Balaban J connectivity index is 2.06. The summed E-state index contributed by atoms with van der Waals surface area (Å²) < 4.78 is 1.83. The molecule has 106 valence electrons. The Morgan fingerprint density at radius 3 is 2.80 bits per heavy atom. The van der Waals surface area contributed by atoms with Crippen molar-refractivity contribution in [2.45, 2.75) is 39.2 Å². The Morgan fingerprint density at radius 2 is 2.10 bits per heavy atom. The molecule has 3 rings (SSSR count). The fraction of sp³-hybridized carbons (Fsp3) is 0.533. The third-order valence-corrected chi connectivity index (χ3v) is 4.64. The molecular weight excluding hydrogens is 254 g/mol. The average molecular weight is 273 g/mol. The lowest BCUT2D eigenvalue weighted by atomic mass is 9.79. The van der Waals surface area contributed by atoms with Gasteiger partial charge in [0.25, 0.3) is 0 Å². The number of benzene rings is 1. The number of para-hydroxylation sites is 1. The van der Waals surface area contributed by atoms with Gasteiger partial charge in [0.15, 0.2) is 0 Å². The topological polar surface area (TPSA) is 68.0 Å². The number of rotatable bonds is 2. The zero-order valence-electron chi connectivity index (χ0n) is 11.8. The van der Waals surface area contributed by atoms with E-state index in [1.807, 2.05) is 10.7 Å². The van der Waals surface area contributed by atoms with Crippen molar-refractivity contribution in [3.63, 3.8) is 0 Å². The lowest BCUT2D eigenvalue weighted by molar-refractivity contribution is 0.0698. The Hall–Kier alpha value is -1.91. The minimum atomic E-state index is -0.920. The van der Waals surface area contributed by atoms with Crippen molar-refractivity contribution in [1.82, 2.24) is 15.0 Å². The maximum absolute atomic E-state index is 11.4. The van der Waals surface area contributed by atoms with Crippen molar-refractivity contribution in [2.75, 3.05) is 0 Å². The molecule has 1 aliphatic rings. The highest BCUT2D eigenvalue weighted by molar-refractivity contribution is 6.00. The smallest absolute Gasteiger partial charge is 0.337 e. The summed E-state index contributed by atoms with van der Waals surface area (Å²) in [4.78, 5) is 11.4. The fourth-order valence-electron chi connectivity index (χ4n) is 3.16.